The molecule has 0 aliphatic heterocycles. The van der Waals surface area contributed by atoms with E-state index >= 15 is 0 Å². The molecule has 16 heavy (non-hydrogen) atoms. The first-order valence-corrected chi connectivity index (χ1v) is 6.67. The van der Waals surface area contributed by atoms with Gasteiger partial charge in [0.1, 0.15) is 0 Å². The van der Waals surface area contributed by atoms with Crippen LogP contribution in [0.2, 0.25) is 0 Å². The van der Waals surface area contributed by atoms with E-state index < -0.39 is 6.10 Å². The summed E-state index contributed by atoms with van der Waals surface area (Å²) in [6, 6.07) is 7.64. The summed E-state index contributed by atoms with van der Waals surface area (Å²) in [5.74, 6) is 0.388. The van der Waals surface area contributed by atoms with E-state index in [-0.39, 0.29) is 6.04 Å². The summed E-state index contributed by atoms with van der Waals surface area (Å²) >= 11 is 3.39. The number of hydrogen-bond donors (Lipinski definition) is 2. The zero-order valence-electron chi connectivity index (χ0n) is 9.27. The fourth-order valence-electron chi connectivity index (χ4n) is 2.47. The third-order valence-electron chi connectivity index (χ3n) is 3.51. The third-order valence-corrected chi connectivity index (χ3v) is 4.03. The first-order chi connectivity index (χ1) is 7.68. The Bertz CT molecular complexity index is 332. The van der Waals surface area contributed by atoms with Gasteiger partial charge in [0.15, 0.2) is 0 Å². The van der Waals surface area contributed by atoms with Crippen molar-refractivity contribution in [1.29, 1.82) is 0 Å². The Hall–Kier alpha value is -0.380. The fourth-order valence-corrected chi connectivity index (χ4v) is 2.74. The van der Waals surface area contributed by atoms with Crippen LogP contribution in [0.25, 0.3) is 0 Å². The standard InChI is InChI=1S/C13H18BrNO/c14-11-7-5-9(6-8-11)12(15)13(16)10-3-1-2-4-10/h5-8,10,12-13,16H,1-4,15H2/t12-,13+/m0/s1. The Balaban J connectivity index is 2.05. The number of nitrogens with two attached hydrogens (primary N) is 1. The lowest BCUT2D eigenvalue weighted by Gasteiger charge is -2.24. The second-order valence-electron chi connectivity index (χ2n) is 4.61. The van der Waals surface area contributed by atoms with E-state index in [1.807, 2.05) is 24.3 Å². The molecule has 3 N–H and O–H groups in total. The lowest BCUT2D eigenvalue weighted by atomic mass is 9.91. The molecule has 88 valence electrons. The van der Waals surface area contributed by atoms with E-state index in [1.165, 1.54) is 12.8 Å². The number of hydrogen-bond acceptors (Lipinski definition) is 2. The van der Waals surface area contributed by atoms with Crippen LogP contribution in [0.4, 0.5) is 0 Å². The van der Waals surface area contributed by atoms with E-state index in [4.69, 9.17) is 5.73 Å². The van der Waals surface area contributed by atoms with Gasteiger partial charge in [-0.3, -0.25) is 0 Å². The molecule has 2 atom stereocenters. The lowest BCUT2D eigenvalue weighted by Crippen LogP contribution is -2.31. The van der Waals surface area contributed by atoms with Crippen molar-refractivity contribution in [1.82, 2.24) is 0 Å². The molecule has 1 saturated carbocycles. The molecule has 0 amide bonds. The van der Waals surface area contributed by atoms with E-state index in [2.05, 4.69) is 15.9 Å². The SMILES string of the molecule is N[C@@H](c1ccc(Br)cc1)[C@H](O)C1CCCC1. The second kappa shape index (κ2) is 5.30. The van der Waals surface area contributed by atoms with Crippen LogP contribution in [-0.4, -0.2) is 11.2 Å². The van der Waals surface area contributed by atoms with Crippen molar-refractivity contribution in [3.63, 3.8) is 0 Å². The summed E-state index contributed by atoms with van der Waals surface area (Å²) in [7, 11) is 0. The van der Waals surface area contributed by atoms with E-state index in [0.29, 0.717) is 5.92 Å². The average Bonchev–Trinajstić information content (AvgIpc) is 2.81. The smallest absolute Gasteiger partial charge is 0.0760 e. The summed E-state index contributed by atoms with van der Waals surface area (Å²) in [5.41, 5.74) is 7.12. The summed E-state index contributed by atoms with van der Waals surface area (Å²) < 4.78 is 1.04. The highest BCUT2D eigenvalue weighted by Gasteiger charge is 2.28. The molecule has 1 fully saturated rings. The predicted molar refractivity (Wildman–Crippen MR) is 69.0 cm³/mol. The van der Waals surface area contributed by atoms with Gasteiger partial charge in [-0.2, -0.15) is 0 Å². The summed E-state index contributed by atoms with van der Waals surface area (Å²) in [6.45, 7) is 0. The van der Waals surface area contributed by atoms with Gasteiger partial charge in [-0.1, -0.05) is 40.9 Å². The van der Waals surface area contributed by atoms with Gasteiger partial charge in [-0.15, -0.1) is 0 Å². The minimum absolute atomic E-state index is 0.254. The van der Waals surface area contributed by atoms with Crippen molar-refractivity contribution in [2.24, 2.45) is 11.7 Å². The normalized spacial score (nSPS) is 20.9. The van der Waals surface area contributed by atoms with Crippen molar-refractivity contribution in [3.8, 4) is 0 Å². The first-order valence-electron chi connectivity index (χ1n) is 5.87. The molecular weight excluding hydrogens is 266 g/mol. The highest BCUT2D eigenvalue weighted by molar-refractivity contribution is 9.10. The fraction of sp³-hybridized carbons (Fsp3) is 0.538. The Morgan fingerprint density at radius 2 is 1.75 bits per heavy atom. The van der Waals surface area contributed by atoms with Crippen LogP contribution in [0.15, 0.2) is 28.7 Å². The van der Waals surface area contributed by atoms with Gasteiger partial charge in [-0.25, -0.2) is 0 Å². The minimum atomic E-state index is -0.399. The van der Waals surface area contributed by atoms with Crippen LogP contribution in [0, 0.1) is 5.92 Å². The topological polar surface area (TPSA) is 46.2 Å². The van der Waals surface area contributed by atoms with Crippen LogP contribution in [0.1, 0.15) is 37.3 Å². The molecule has 2 rings (SSSR count). The Kier molecular flexibility index (Phi) is 4.00. The lowest BCUT2D eigenvalue weighted by molar-refractivity contribution is 0.0845. The maximum Gasteiger partial charge on any atom is 0.0760 e. The predicted octanol–water partition coefficient (Wildman–Crippen LogP) is 3.00. The third kappa shape index (κ3) is 2.65. The zero-order valence-corrected chi connectivity index (χ0v) is 10.9. The molecule has 0 bridgehead atoms. The first kappa shape index (κ1) is 12.1. The van der Waals surface area contributed by atoms with Gasteiger partial charge in [0.05, 0.1) is 12.1 Å². The van der Waals surface area contributed by atoms with Gasteiger partial charge in [0, 0.05) is 4.47 Å². The largest absolute Gasteiger partial charge is 0.391 e. The Labute approximate surface area is 105 Å². The molecule has 0 saturated heterocycles. The number of halogens is 1. The Morgan fingerprint density at radius 1 is 1.19 bits per heavy atom. The summed E-state index contributed by atoms with van der Waals surface area (Å²) in [5, 5.41) is 10.2. The molecule has 0 unspecified atom stereocenters. The van der Waals surface area contributed by atoms with Crippen molar-refractivity contribution >= 4 is 15.9 Å². The second-order valence-corrected chi connectivity index (χ2v) is 5.53. The average molecular weight is 284 g/mol. The van der Waals surface area contributed by atoms with Gasteiger partial charge in [0.25, 0.3) is 0 Å². The molecule has 2 nitrogen and oxygen atoms in total. The molecule has 0 heterocycles. The molecule has 1 aromatic carbocycles. The van der Waals surface area contributed by atoms with Crippen LogP contribution in [0.5, 0.6) is 0 Å². The highest BCUT2D eigenvalue weighted by atomic mass is 79.9. The maximum absolute atomic E-state index is 10.2. The van der Waals surface area contributed by atoms with Crippen molar-refractivity contribution in [2.45, 2.75) is 37.8 Å². The van der Waals surface area contributed by atoms with E-state index in [1.54, 1.807) is 0 Å². The number of aliphatic hydroxyl groups is 1. The van der Waals surface area contributed by atoms with Gasteiger partial charge < -0.3 is 10.8 Å². The van der Waals surface area contributed by atoms with Crippen molar-refractivity contribution in [3.05, 3.63) is 34.3 Å². The molecular formula is C13H18BrNO. The molecule has 1 aliphatic carbocycles. The summed E-state index contributed by atoms with van der Waals surface area (Å²) in [4.78, 5) is 0. The number of rotatable bonds is 3. The molecule has 3 heteroatoms. The molecule has 1 aliphatic rings. The van der Waals surface area contributed by atoms with Crippen LogP contribution in [0.3, 0.4) is 0 Å². The van der Waals surface area contributed by atoms with Crippen LogP contribution >= 0.6 is 15.9 Å². The van der Waals surface area contributed by atoms with Crippen LogP contribution < -0.4 is 5.73 Å². The van der Waals surface area contributed by atoms with Gasteiger partial charge >= 0.3 is 0 Å². The highest BCUT2D eigenvalue weighted by Crippen LogP contribution is 2.32. The number of benzene rings is 1. The summed E-state index contributed by atoms with van der Waals surface area (Å²) in [6.07, 6.45) is 4.30. The molecule has 0 radical (unpaired) electrons. The van der Waals surface area contributed by atoms with Gasteiger partial charge in [-0.05, 0) is 36.5 Å². The quantitative estimate of drug-likeness (QED) is 0.896. The van der Waals surface area contributed by atoms with E-state index in [0.717, 1.165) is 22.9 Å². The zero-order chi connectivity index (χ0) is 11.5. The molecule has 1 aromatic rings. The molecule has 0 spiro atoms. The van der Waals surface area contributed by atoms with Crippen LogP contribution in [-0.2, 0) is 0 Å². The van der Waals surface area contributed by atoms with Gasteiger partial charge in [0.2, 0.25) is 0 Å². The van der Waals surface area contributed by atoms with Crippen molar-refractivity contribution in [2.75, 3.05) is 0 Å². The maximum atomic E-state index is 10.2. The monoisotopic (exact) mass is 283 g/mol. The van der Waals surface area contributed by atoms with E-state index in [9.17, 15) is 5.11 Å². The number of aliphatic hydroxyl groups excluding tert-OH is 1. The minimum Gasteiger partial charge on any atom is -0.391 e. The molecule has 0 aromatic heterocycles. The Morgan fingerprint density at radius 3 is 2.31 bits per heavy atom. The van der Waals surface area contributed by atoms with Crippen molar-refractivity contribution < 1.29 is 5.11 Å².